The van der Waals surface area contributed by atoms with Crippen LogP contribution in [0.15, 0.2) is 84.4 Å². The van der Waals surface area contributed by atoms with E-state index >= 15 is 0 Å². The molecule has 0 spiro atoms. The molecule has 6 heteroatoms. The smallest absolute Gasteiger partial charge is 0.258 e. The Morgan fingerprint density at radius 1 is 0.966 bits per heavy atom. The number of benzene rings is 3. The summed E-state index contributed by atoms with van der Waals surface area (Å²) in [5.41, 5.74) is 3.61. The number of amides is 1. The molecular formula is C23H17N3O2S. The minimum absolute atomic E-state index is 0.00592. The van der Waals surface area contributed by atoms with Gasteiger partial charge >= 0.3 is 0 Å². The normalized spacial score (nSPS) is 13.4. The van der Waals surface area contributed by atoms with E-state index in [-0.39, 0.29) is 18.2 Å². The maximum Gasteiger partial charge on any atom is 0.258 e. The summed E-state index contributed by atoms with van der Waals surface area (Å²) < 4.78 is 1.00. The summed E-state index contributed by atoms with van der Waals surface area (Å²) in [7, 11) is 0. The second-order valence-corrected chi connectivity index (χ2v) is 7.74. The van der Waals surface area contributed by atoms with Gasteiger partial charge in [0.1, 0.15) is 5.76 Å². The van der Waals surface area contributed by atoms with E-state index in [0.29, 0.717) is 16.3 Å². The molecule has 5 rings (SSSR count). The van der Waals surface area contributed by atoms with Gasteiger partial charge < -0.3 is 10.0 Å². The molecule has 1 aliphatic rings. The second-order valence-electron chi connectivity index (χ2n) is 6.71. The lowest BCUT2D eigenvalue weighted by atomic mass is 9.99. The molecule has 2 N–H and O–H groups in total. The van der Waals surface area contributed by atoms with Crippen molar-refractivity contribution in [3.63, 3.8) is 0 Å². The van der Waals surface area contributed by atoms with Gasteiger partial charge in [0.2, 0.25) is 0 Å². The van der Waals surface area contributed by atoms with Crippen LogP contribution in [0.5, 0.6) is 0 Å². The summed E-state index contributed by atoms with van der Waals surface area (Å²) in [6, 6.07) is 25.1. The third kappa shape index (κ3) is 3.13. The molecule has 0 saturated heterocycles. The molecule has 0 fully saturated rings. The van der Waals surface area contributed by atoms with Crippen LogP contribution in [0.2, 0.25) is 0 Å². The summed E-state index contributed by atoms with van der Waals surface area (Å²) in [5.74, 6) is -0.344. The van der Waals surface area contributed by atoms with E-state index in [9.17, 15) is 9.90 Å². The number of carbonyl (C=O) groups is 1. The van der Waals surface area contributed by atoms with E-state index in [0.717, 1.165) is 21.6 Å². The largest absolute Gasteiger partial charge is 0.507 e. The number of nitrogens with zero attached hydrogens (tertiary/aromatic N) is 2. The zero-order valence-corrected chi connectivity index (χ0v) is 16.2. The first kappa shape index (κ1) is 17.5. The summed E-state index contributed by atoms with van der Waals surface area (Å²) in [4.78, 5) is 19.5. The third-order valence-electron chi connectivity index (χ3n) is 4.91. The number of nitrogens with one attached hydrogen (secondary N) is 1. The van der Waals surface area contributed by atoms with Crippen molar-refractivity contribution in [2.24, 2.45) is 0 Å². The van der Waals surface area contributed by atoms with Crippen LogP contribution in [0, 0.1) is 0 Å². The van der Waals surface area contributed by atoms with E-state index in [2.05, 4.69) is 10.3 Å². The highest BCUT2D eigenvalue weighted by atomic mass is 32.1. The minimum atomic E-state index is -0.350. The lowest BCUT2D eigenvalue weighted by Gasteiger charge is -2.32. The van der Waals surface area contributed by atoms with Crippen molar-refractivity contribution in [3.05, 3.63) is 90.0 Å². The minimum Gasteiger partial charge on any atom is -0.507 e. The second kappa shape index (κ2) is 7.07. The van der Waals surface area contributed by atoms with Crippen molar-refractivity contribution in [3.8, 4) is 0 Å². The monoisotopic (exact) mass is 399 g/mol. The van der Waals surface area contributed by atoms with Gasteiger partial charge in [-0.1, -0.05) is 53.8 Å². The number of aromatic nitrogens is 1. The molecule has 1 amide bonds. The SMILES string of the molecule is O=C(Nc1nc2ccccc2s1)C1=C(O)c2ccccc2N(c2ccccc2)C1. The maximum atomic E-state index is 13.1. The van der Waals surface area contributed by atoms with Crippen LogP contribution in [0.4, 0.5) is 16.5 Å². The third-order valence-corrected chi connectivity index (χ3v) is 5.86. The van der Waals surface area contributed by atoms with Crippen molar-refractivity contribution >= 4 is 49.7 Å². The molecule has 0 atom stereocenters. The van der Waals surface area contributed by atoms with Crippen LogP contribution < -0.4 is 10.2 Å². The average molecular weight is 399 g/mol. The van der Waals surface area contributed by atoms with Crippen LogP contribution in [-0.4, -0.2) is 22.5 Å². The molecular weight excluding hydrogens is 382 g/mol. The molecule has 5 nitrogen and oxygen atoms in total. The standard InChI is InChI=1S/C23H17N3O2S/c27-21-16-10-4-6-12-19(16)26(15-8-2-1-3-9-15)14-17(21)22(28)25-23-24-18-11-5-7-13-20(18)29-23/h1-13,27H,14H2,(H,24,25,28). The van der Waals surface area contributed by atoms with Crippen LogP contribution >= 0.6 is 11.3 Å². The predicted octanol–water partition coefficient (Wildman–Crippen LogP) is 5.36. The highest BCUT2D eigenvalue weighted by molar-refractivity contribution is 7.22. The van der Waals surface area contributed by atoms with Gasteiger partial charge in [-0.25, -0.2) is 4.98 Å². The number of aliphatic hydroxyl groups excluding tert-OH is 1. The van der Waals surface area contributed by atoms with Crippen molar-refractivity contribution in [2.45, 2.75) is 0 Å². The van der Waals surface area contributed by atoms with Gasteiger partial charge in [0, 0.05) is 11.3 Å². The highest BCUT2D eigenvalue weighted by Gasteiger charge is 2.29. The van der Waals surface area contributed by atoms with E-state index in [1.165, 1.54) is 11.3 Å². The molecule has 0 saturated carbocycles. The number of carbonyl (C=O) groups excluding carboxylic acids is 1. The van der Waals surface area contributed by atoms with Gasteiger partial charge in [0.15, 0.2) is 5.13 Å². The fraction of sp³-hybridized carbons (Fsp3) is 0.0435. The molecule has 29 heavy (non-hydrogen) atoms. The van der Waals surface area contributed by atoms with Gasteiger partial charge in [-0.3, -0.25) is 10.1 Å². The first-order valence-electron chi connectivity index (χ1n) is 9.22. The molecule has 2 heterocycles. The fourth-order valence-corrected chi connectivity index (χ4v) is 4.37. The Bertz CT molecular complexity index is 1210. The van der Waals surface area contributed by atoms with Crippen LogP contribution in [0.1, 0.15) is 5.56 Å². The Hall–Kier alpha value is -3.64. The average Bonchev–Trinajstić information content (AvgIpc) is 3.17. The summed E-state index contributed by atoms with van der Waals surface area (Å²) in [6.07, 6.45) is 0. The van der Waals surface area contributed by atoms with Gasteiger partial charge in [0.25, 0.3) is 5.91 Å². The van der Waals surface area contributed by atoms with E-state index < -0.39 is 0 Å². The van der Waals surface area contributed by atoms with Gasteiger partial charge in [0.05, 0.1) is 28.0 Å². The Balaban J connectivity index is 1.52. The van der Waals surface area contributed by atoms with Crippen molar-refractivity contribution in [2.75, 3.05) is 16.8 Å². The molecule has 3 aromatic carbocycles. The van der Waals surface area contributed by atoms with E-state index in [4.69, 9.17) is 0 Å². The topological polar surface area (TPSA) is 65.5 Å². The fourth-order valence-electron chi connectivity index (χ4n) is 3.51. The molecule has 142 valence electrons. The van der Waals surface area contributed by atoms with Crippen molar-refractivity contribution in [1.29, 1.82) is 0 Å². The number of rotatable bonds is 3. The maximum absolute atomic E-state index is 13.1. The number of hydrogen-bond donors (Lipinski definition) is 2. The van der Waals surface area contributed by atoms with Crippen molar-refractivity contribution in [1.82, 2.24) is 4.98 Å². The number of fused-ring (bicyclic) bond motifs is 2. The Kier molecular flexibility index (Phi) is 4.26. The number of aliphatic hydroxyl groups is 1. The zero-order valence-electron chi connectivity index (χ0n) is 15.4. The van der Waals surface area contributed by atoms with Gasteiger partial charge in [-0.2, -0.15) is 0 Å². The molecule has 1 aromatic heterocycles. The predicted molar refractivity (Wildman–Crippen MR) is 118 cm³/mol. The molecule has 1 aliphatic heterocycles. The van der Waals surface area contributed by atoms with E-state index in [1.54, 1.807) is 0 Å². The summed E-state index contributed by atoms with van der Waals surface area (Å²) in [5, 5.41) is 14.2. The van der Waals surface area contributed by atoms with Crippen LogP contribution in [0.25, 0.3) is 16.0 Å². The number of hydrogen-bond acceptors (Lipinski definition) is 5. The lowest BCUT2D eigenvalue weighted by Crippen LogP contribution is -2.31. The highest BCUT2D eigenvalue weighted by Crippen LogP contribution is 2.38. The first-order valence-corrected chi connectivity index (χ1v) is 10.0. The lowest BCUT2D eigenvalue weighted by molar-refractivity contribution is -0.112. The number of thiazole rings is 1. The Morgan fingerprint density at radius 3 is 2.52 bits per heavy atom. The summed E-state index contributed by atoms with van der Waals surface area (Å²) in [6.45, 7) is 0.267. The number of para-hydroxylation sites is 3. The number of anilines is 3. The first-order chi connectivity index (χ1) is 14.2. The Morgan fingerprint density at radius 2 is 1.69 bits per heavy atom. The molecule has 0 aliphatic carbocycles. The van der Waals surface area contributed by atoms with Crippen LogP contribution in [0.3, 0.4) is 0 Å². The Labute approximate surface area is 171 Å². The zero-order chi connectivity index (χ0) is 19.8. The van der Waals surface area contributed by atoms with Gasteiger partial charge in [-0.15, -0.1) is 0 Å². The molecule has 0 unspecified atom stereocenters. The summed E-state index contributed by atoms with van der Waals surface area (Å²) >= 11 is 1.41. The van der Waals surface area contributed by atoms with E-state index in [1.807, 2.05) is 83.8 Å². The van der Waals surface area contributed by atoms with Crippen LogP contribution in [-0.2, 0) is 4.79 Å². The molecule has 0 radical (unpaired) electrons. The quantitative estimate of drug-likeness (QED) is 0.487. The van der Waals surface area contributed by atoms with Crippen molar-refractivity contribution < 1.29 is 9.90 Å². The molecule has 0 bridgehead atoms. The molecule has 4 aromatic rings. The van der Waals surface area contributed by atoms with Gasteiger partial charge in [-0.05, 0) is 36.4 Å².